The lowest BCUT2D eigenvalue weighted by Gasteiger charge is -1.94. The highest BCUT2D eigenvalue weighted by Gasteiger charge is 2.21. The van der Waals surface area contributed by atoms with E-state index in [1.54, 1.807) is 0 Å². The van der Waals surface area contributed by atoms with Crippen molar-refractivity contribution in [2.24, 2.45) is 0 Å². The molecule has 1 aromatic rings. The fraction of sp³-hybridized carbons (Fsp3) is 0.571. The van der Waals surface area contributed by atoms with Gasteiger partial charge in [-0.05, 0) is 18.8 Å². The SMILES string of the molecule is CC1CCc2sc(=O)sc21. The van der Waals surface area contributed by atoms with Crippen LogP contribution >= 0.6 is 22.7 Å². The lowest BCUT2D eigenvalue weighted by Crippen LogP contribution is -1.83. The summed E-state index contributed by atoms with van der Waals surface area (Å²) in [6.07, 6.45) is 2.39. The van der Waals surface area contributed by atoms with E-state index in [0.717, 1.165) is 6.42 Å². The Morgan fingerprint density at radius 3 is 3.00 bits per heavy atom. The van der Waals surface area contributed by atoms with Crippen LogP contribution in [0.25, 0.3) is 0 Å². The molecule has 1 aliphatic carbocycles. The Bertz CT molecular complexity index is 297. The van der Waals surface area contributed by atoms with Crippen molar-refractivity contribution in [1.82, 2.24) is 0 Å². The van der Waals surface area contributed by atoms with Crippen molar-refractivity contribution in [3.63, 3.8) is 0 Å². The van der Waals surface area contributed by atoms with E-state index in [0.29, 0.717) is 5.92 Å². The van der Waals surface area contributed by atoms with E-state index < -0.39 is 0 Å². The fourth-order valence-electron chi connectivity index (χ4n) is 1.35. The summed E-state index contributed by atoms with van der Waals surface area (Å²) in [7, 11) is 0. The molecule has 0 aliphatic heterocycles. The second kappa shape index (κ2) is 2.17. The molecule has 10 heavy (non-hydrogen) atoms. The Morgan fingerprint density at radius 1 is 1.50 bits per heavy atom. The third-order valence-corrected chi connectivity index (χ3v) is 4.43. The average molecular weight is 172 g/mol. The first kappa shape index (κ1) is 6.55. The van der Waals surface area contributed by atoms with Gasteiger partial charge < -0.3 is 0 Å². The van der Waals surface area contributed by atoms with Gasteiger partial charge in [-0.3, -0.25) is 4.79 Å². The van der Waals surface area contributed by atoms with Crippen molar-refractivity contribution in [3.05, 3.63) is 18.6 Å². The topological polar surface area (TPSA) is 17.1 Å². The van der Waals surface area contributed by atoms with Crippen LogP contribution in [-0.4, -0.2) is 0 Å². The zero-order valence-corrected chi connectivity index (χ0v) is 7.35. The highest BCUT2D eigenvalue weighted by Crippen LogP contribution is 2.36. The Morgan fingerprint density at radius 2 is 2.30 bits per heavy atom. The molecular weight excluding hydrogens is 164 g/mol. The molecule has 0 saturated heterocycles. The van der Waals surface area contributed by atoms with Crippen molar-refractivity contribution in [1.29, 1.82) is 0 Å². The van der Waals surface area contributed by atoms with Gasteiger partial charge in [0, 0.05) is 9.75 Å². The summed E-state index contributed by atoms with van der Waals surface area (Å²) in [6, 6.07) is 0. The summed E-state index contributed by atoms with van der Waals surface area (Å²) >= 11 is 2.89. The summed E-state index contributed by atoms with van der Waals surface area (Å²) in [5.74, 6) is 0.652. The van der Waals surface area contributed by atoms with E-state index in [9.17, 15) is 4.79 Å². The second-order valence-corrected chi connectivity index (χ2v) is 5.02. The maximum Gasteiger partial charge on any atom is 0.287 e. The Balaban J connectivity index is 2.59. The minimum Gasteiger partial charge on any atom is -0.265 e. The lowest BCUT2D eigenvalue weighted by molar-refractivity contribution is 0.755. The van der Waals surface area contributed by atoms with Crippen LogP contribution in [-0.2, 0) is 6.42 Å². The molecule has 0 fully saturated rings. The zero-order valence-electron chi connectivity index (χ0n) is 5.72. The predicted octanol–water partition coefficient (Wildman–Crippen LogP) is 2.22. The molecule has 2 rings (SSSR count). The summed E-state index contributed by atoms with van der Waals surface area (Å²) in [6.45, 7) is 2.20. The maximum atomic E-state index is 10.9. The third-order valence-electron chi connectivity index (χ3n) is 1.93. The quantitative estimate of drug-likeness (QED) is 0.586. The molecule has 1 nitrogen and oxygen atoms in total. The molecule has 0 spiro atoms. The molecule has 1 heterocycles. The zero-order chi connectivity index (χ0) is 7.14. The van der Waals surface area contributed by atoms with Crippen LogP contribution in [0.1, 0.15) is 29.0 Å². The van der Waals surface area contributed by atoms with E-state index >= 15 is 0 Å². The highest BCUT2D eigenvalue weighted by atomic mass is 32.2. The van der Waals surface area contributed by atoms with E-state index in [4.69, 9.17) is 0 Å². The largest absolute Gasteiger partial charge is 0.287 e. The normalized spacial score (nSPS) is 23.1. The van der Waals surface area contributed by atoms with Crippen molar-refractivity contribution >= 4 is 22.7 Å². The van der Waals surface area contributed by atoms with Crippen LogP contribution < -0.4 is 4.06 Å². The van der Waals surface area contributed by atoms with Crippen molar-refractivity contribution in [2.75, 3.05) is 0 Å². The van der Waals surface area contributed by atoms with Gasteiger partial charge in [-0.2, -0.15) is 0 Å². The molecule has 0 saturated carbocycles. The minimum atomic E-state index is 0.275. The molecule has 54 valence electrons. The van der Waals surface area contributed by atoms with Crippen LogP contribution in [0.4, 0.5) is 0 Å². The van der Waals surface area contributed by atoms with Gasteiger partial charge in [-0.15, -0.1) is 0 Å². The summed E-state index contributed by atoms with van der Waals surface area (Å²) in [5, 5.41) is 0. The number of aryl methyl sites for hydroxylation is 1. The van der Waals surface area contributed by atoms with Gasteiger partial charge in [0.05, 0.1) is 0 Å². The minimum absolute atomic E-state index is 0.275. The molecule has 0 aromatic carbocycles. The summed E-state index contributed by atoms with van der Waals surface area (Å²) in [4.78, 5) is 13.6. The van der Waals surface area contributed by atoms with Crippen molar-refractivity contribution in [2.45, 2.75) is 25.7 Å². The smallest absolute Gasteiger partial charge is 0.265 e. The summed E-state index contributed by atoms with van der Waals surface area (Å²) < 4.78 is 0.275. The Kier molecular flexibility index (Phi) is 1.42. The lowest BCUT2D eigenvalue weighted by atomic mass is 10.2. The molecule has 1 atom stereocenters. The van der Waals surface area contributed by atoms with Crippen LogP contribution in [0.15, 0.2) is 4.79 Å². The van der Waals surface area contributed by atoms with Gasteiger partial charge in [0.1, 0.15) is 0 Å². The first-order chi connectivity index (χ1) is 4.77. The molecule has 0 amide bonds. The van der Waals surface area contributed by atoms with Gasteiger partial charge in [0.2, 0.25) is 0 Å². The molecule has 1 aromatic heterocycles. The second-order valence-electron chi connectivity index (χ2n) is 2.68. The van der Waals surface area contributed by atoms with Gasteiger partial charge in [0.15, 0.2) is 0 Å². The molecule has 0 N–H and O–H groups in total. The third kappa shape index (κ3) is 0.847. The molecular formula is C7H8OS2. The molecule has 1 unspecified atom stereocenters. The molecule has 3 heteroatoms. The van der Waals surface area contributed by atoms with Crippen LogP contribution in [0, 0.1) is 0 Å². The highest BCUT2D eigenvalue weighted by molar-refractivity contribution is 7.27. The van der Waals surface area contributed by atoms with Gasteiger partial charge >= 0.3 is 0 Å². The monoisotopic (exact) mass is 172 g/mol. The van der Waals surface area contributed by atoms with E-state index in [-0.39, 0.29) is 4.06 Å². The van der Waals surface area contributed by atoms with Crippen LogP contribution in [0.3, 0.4) is 0 Å². The maximum absolute atomic E-state index is 10.9. The van der Waals surface area contributed by atoms with Gasteiger partial charge in [0.25, 0.3) is 4.06 Å². The summed E-state index contributed by atoms with van der Waals surface area (Å²) in [5.41, 5.74) is 0. The Labute approximate surface area is 67.3 Å². The van der Waals surface area contributed by atoms with E-state index in [2.05, 4.69) is 6.92 Å². The van der Waals surface area contributed by atoms with E-state index in [1.165, 1.54) is 38.8 Å². The first-order valence-corrected chi connectivity index (χ1v) is 5.03. The van der Waals surface area contributed by atoms with Crippen LogP contribution in [0.5, 0.6) is 0 Å². The standard InChI is InChI=1S/C7H8OS2/c1-4-2-3-5-6(4)10-7(8)9-5/h4H,2-3H2,1H3. The molecule has 0 bridgehead atoms. The van der Waals surface area contributed by atoms with Gasteiger partial charge in [-0.1, -0.05) is 29.6 Å². The predicted molar refractivity (Wildman–Crippen MR) is 45.2 cm³/mol. The van der Waals surface area contributed by atoms with Crippen LogP contribution in [0.2, 0.25) is 0 Å². The number of rotatable bonds is 0. The molecule has 0 radical (unpaired) electrons. The van der Waals surface area contributed by atoms with Crippen molar-refractivity contribution in [3.8, 4) is 0 Å². The number of fused-ring (bicyclic) bond motifs is 1. The average Bonchev–Trinajstić information content (AvgIpc) is 2.35. The van der Waals surface area contributed by atoms with E-state index in [1.807, 2.05) is 0 Å². The first-order valence-electron chi connectivity index (χ1n) is 3.40. The number of hydrogen-bond donors (Lipinski definition) is 0. The number of hydrogen-bond acceptors (Lipinski definition) is 3. The van der Waals surface area contributed by atoms with Crippen molar-refractivity contribution < 1.29 is 0 Å². The Hall–Kier alpha value is -0.150. The fourth-order valence-corrected chi connectivity index (χ4v) is 3.77. The van der Waals surface area contributed by atoms with Gasteiger partial charge in [-0.25, -0.2) is 0 Å². The molecule has 1 aliphatic rings.